The zero-order valence-electron chi connectivity index (χ0n) is 12.9. The molecule has 116 valence electrons. The normalized spacial score (nSPS) is 11.8. The highest BCUT2D eigenvalue weighted by Gasteiger charge is 2.11. The molecular formula is C16H24N2O3. The average molecular weight is 292 g/mol. The van der Waals surface area contributed by atoms with Gasteiger partial charge in [0.05, 0.1) is 0 Å². The van der Waals surface area contributed by atoms with Crippen molar-refractivity contribution in [3.8, 4) is 0 Å². The van der Waals surface area contributed by atoms with Gasteiger partial charge in [0.25, 0.3) is 5.91 Å². The van der Waals surface area contributed by atoms with Crippen molar-refractivity contribution in [3.05, 3.63) is 29.8 Å². The Morgan fingerprint density at radius 3 is 2.24 bits per heavy atom. The maximum atomic E-state index is 12.0. The lowest BCUT2D eigenvalue weighted by Crippen LogP contribution is -2.29. The molecule has 0 spiro atoms. The van der Waals surface area contributed by atoms with Gasteiger partial charge in [-0.3, -0.25) is 9.59 Å². The van der Waals surface area contributed by atoms with E-state index in [1.807, 2.05) is 12.1 Å². The largest absolute Gasteiger partial charge is 0.481 e. The van der Waals surface area contributed by atoms with Crippen molar-refractivity contribution in [2.75, 3.05) is 24.5 Å². The van der Waals surface area contributed by atoms with Crippen LogP contribution in [-0.4, -0.2) is 36.6 Å². The Kier molecular flexibility index (Phi) is 6.72. The minimum absolute atomic E-state index is 0.0567. The number of nitrogens with one attached hydrogen (secondary N) is 1. The van der Waals surface area contributed by atoms with Crippen LogP contribution in [-0.2, 0) is 4.79 Å². The predicted molar refractivity (Wildman–Crippen MR) is 83.8 cm³/mol. The van der Waals surface area contributed by atoms with Crippen molar-refractivity contribution in [2.24, 2.45) is 5.92 Å². The van der Waals surface area contributed by atoms with Crippen molar-refractivity contribution in [3.63, 3.8) is 0 Å². The summed E-state index contributed by atoms with van der Waals surface area (Å²) < 4.78 is 0. The summed E-state index contributed by atoms with van der Waals surface area (Å²) in [5.41, 5.74) is 1.68. The maximum Gasteiger partial charge on any atom is 0.303 e. The number of carboxylic acid groups (broad SMARTS) is 1. The van der Waals surface area contributed by atoms with Gasteiger partial charge >= 0.3 is 5.97 Å². The highest BCUT2D eigenvalue weighted by Crippen LogP contribution is 2.15. The number of rotatable bonds is 8. The van der Waals surface area contributed by atoms with Gasteiger partial charge in [-0.2, -0.15) is 0 Å². The molecule has 0 fully saturated rings. The number of nitrogens with zero attached hydrogens (tertiary/aromatic N) is 1. The van der Waals surface area contributed by atoms with Crippen LogP contribution in [0.4, 0.5) is 5.69 Å². The number of amides is 1. The third kappa shape index (κ3) is 5.45. The molecule has 0 aliphatic carbocycles. The Morgan fingerprint density at radius 2 is 1.76 bits per heavy atom. The second-order valence-electron chi connectivity index (χ2n) is 5.13. The molecule has 1 aromatic carbocycles. The number of hydrogen-bond donors (Lipinski definition) is 2. The molecule has 0 aromatic heterocycles. The first-order valence-corrected chi connectivity index (χ1v) is 7.32. The predicted octanol–water partition coefficient (Wildman–Crippen LogP) is 2.37. The van der Waals surface area contributed by atoms with Crippen LogP contribution < -0.4 is 10.2 Å². The molecule has 21 heavy (non-hydrogen) atoms. The zero-order chi connectivity index (χ0) is 15.8. The fourth-order valence-corrected chi connectivity index (χ4v) is 2.15. The van der Waals surface area contributed by atoms with Crippen molar-refractivity contribution >= 4 is 17.6 Å². The molecule has 0 radical (unpaired) electrons. The molecule has 5 heteroatoms. The van der Waals surface area contributed by atoms with Crippen LogP contribution in [0.3, 0.4) is 0 Å². The molecular weight excluding hydrogens is 268 g/mol. The number of carboxylic acids is 1. The Bertz CT molecular complexity index is 467. The summed E-state index contributed by atoms with van der Waals surface area (Å²) in [6.45, 7) is 8.20. The number of aliphatic carboxylic acids is 1. The molecule has 0 aliphatic heterocycles. The van der Waals surface area contributed by atoms with Crippen molar-refractivity contribution in [1.82, 2.24) is 5.32 Å². The highest BCUT2D eigenvalue weighted by atomic mass is 16.4. The second kappa shape index (κ2) is 8.29. The van der Waals surface area contributed by atoms with E-state index >= 15 is 0 Å². The molecule has 1 rings (SSSR count). The van der Waals surface area contributed by atoms with Crippen molar-refractivity contribution in [2.45, 2.75) is 27.2 Å². The lowest BCUT2D eigenvalue weighted by molar-refractivity contribution is -0.137. The molecule has 2 N–H and O–H groups in total. The van der Waals surface area contributed by atoms with Crippen LogP contribution >= 0.6 is 0 Å². The Labute approximate surface area is 126 Å². The smallest absolute Gasteiger partial charge is 0.303 e. The summed E-state index contributed by atoms with van der Waals surface area (Å²) in [7, 11) is 0. The first kappa shape index (κ1) is 17.0. The minimum atomic E-state index is -0.847. The summed E-state index contributed by atoms with van der Waals surface area (Å²) in [6.07, 6.45) is 0.0567. The van der Waals surface area contributed by atoms with Crippen LogP contribution in [0, 0.1) is 5.92 Å². The van der Waals surface area contributed by atoms with Crippen LogP contribution in [0.5, 0.6) is 0 Å². The van der Waals surface area contributed by atoms with E-state index in [4.69, 9.17) is 5.11 Å². The molecule has 0 saturated heterocycles. The van der Waals surface area contributed by atoms with Crippen molar-refractivity contribution < 1.29 is 14.7 Å². The van der Waals surface area contributed by atoms with E-state index in [2.05, 4.69) is 24.1 Å². The lowest BCUT2D eigenvalue weighted by Gasteiger charge is -2.21. The molecule has 1 aromatic rings. The van der Waals surface area contributed by atoms with Gasteiger partial charge in [-0.05, 0) is 44.0 Å². The molecule has 0 saturated carbocycles. The van der Waals surface area contributed by atoms with E-state index in [0.29, 0.717) is 12.1 Å². The quantitative estimate of drug-likeness (QED) is 0.772. The third-order valence-corrected chi connectivity index (χ3v) is 3.39. The number of hydrogen-bond acceptors (Lipinski definition) is 3. The third-order valence-electron chi connectivity index (χ3n) is 3.39. The second-order valence-corrected chi connectivity index (χ2v) is 5.13. The molecule has 1 unspecified atom stereocenters. The Hall–Kier alpha value is -2.04. The van der Waals surface area contributed by atoms with Gasteiger partial charge in [-0.15, -0.1) is 0 Å². The fourth-order valence-electron chi connectivity index (χ4n) is 2.15. The average Bonchev–Trinajstić information content (AvgIpc) is 2.46. The van der Waals surface area contributed by atoms with E-state index in [9.17, 15) is 9.59 Å². The lowest BCUT2D eigenvalue weighted by atomic mass is 10.1. The van der Waals surface area contributed by atoms with E-state index in [1.54, 1.807) is 19.1 Å². The number of anilines is 1. The van der Waals surface area contributed by atoms with Gasteiger partial charge in [-0.1, -0.05) is 6.92 Å². The van der Waals surface area contributed by atoms with Gasteiger partial charge in [0.2, 0.25) is 0 Å². The molecule has 5 nitrogen and oxygen atoms in total. The molecule has 1 amide bonds. The highest BCUT2D eigenvalue weighted by molar-refractivity contribution is 5.94. The van der Waals surface area contributed by atoms with Crippen LogP contribution in [0.1, 0.15) is 37.6 Å². The van der Waals surface area contributed by atoms with Gasteiger partial charge < -0.3 is 15.3 Å². The summed E-state index contributed by atoms with van der Waals surface area (Å²) in [5, 5.41) is 11.4. The SMILES string of the molecule is CCN(CC)c1ccc(C(=O)NCC(C)CC(=O)O)cc1. The van der Waals surface area contributed by atoms with Gasteiger partial charge in [-0.25, -0.2) is 0 Å². The first-order chi connectivity index (χ1) is 9.97. The van der Waals surface area contributed by atoms with Crippen LogP contribution in [0.25, 0.3) is 0 Å². The van der Waals surface area contributed by atoms with Crippen LogP contribution in [0.2, 0.25) is 0 Å². The first-order valence-electron chi connectivity index (χ1n) is 7.32. The molecule has 0 heterocycles. The zero-order valence-corrected chi connectivity index (χ0v) is 12.9. The summed E-state index contributed by atoms with van der Waals surface area (Å²) in [4.78, 5) is 24.8. The number of carbonyl (C=O) groups excluding carboxylic acids is 1. The van der Waals surface area contributed by atoms with Gasteiger partial charge in [0.15, 0.2) is 0 Å². The van der Waals surface area contributed by atoms with E-state index in [-0.39, 0.29) is 18.2 Å². The van der Waals surface area contributed by atoms with E-state index in [1.165, 1.54) is 0 Å². The van der Waals surface area contributed by atoms with Crippen LogP contribution in [0.15, 0.2) is 24.3 Å². The number of carbonyl (C=O) groups is 2. The fraction of sp³-hybridized carbons (Fsp3) is 0.500. The Balaban J connectivity index is 2.57. The standard InChI is InChI=1S/C16H24N2O3/c1-4-18(5-2)14-8-6-13(7-9-14)16(21)17-11-12(3)10-15(19)20/h6-9,12H,4-5,10-11H2,1-3H3,(H,17,21)(H,19,20). The summed E-state index contributed by atoms with van der Waals surface area (Å²) >= 11 is 0. The maximum absolute atomic E-state index is 12.0. The minimum Gasteiger partial charge on any atom is -0.481 e. The number of benzene rings is 1. The molecule has 1 atom stereocenters. The topological polar surface area (TPSA) is 69.6 Å². The van der Waals surface area contributed by atoms with E-state index in [0.717, 1.165) is 18.8 Å². The van der Waals surface area contributed by atoms with Gasteiger partial charge in [0.1, 0.15) is 0 Å². The summed E-state index contributed by atoms with van der Waals surface area (Å²) in [5.74, 6) is -1.10. The molecule has 0 bridgehead atoms. The van der Waals surface area contributed by atoms with E-state index < -0.39 is 5.97 Å². The van der Waals surface area contributed by atoms with Gasteiger partial charge in [0, 0.05) is 37.3 Å². The molecule has 0 aliphatic rings. The Morgan fingerprint density at radius 1 is 1.19 bits per heavy atom. The monoisotopic (exact) mass is 292 g/mol. The summed E-state index contributed by atoms with van der Waals surface area (Å²) in [6, 6.07) is 7.46. The van der Waals surface area contributed by atoms with Crippen molar-refractivity contribution in [1.29, 1.82) is 0 Å².